The van der Waals surface area contributed by atoms with E-state index in [-0.39, 0.29) is 167 Å². The standard InChI is InChI=1S/CH2O3.2CO2.CH4.2Cs.H2.H/c2-1-4-3;2*2-1-3;;;;;/h1,3H;;;1H4;;;1H;/q;;;;2*+1;;-1/p-1. The zero-order valence-corrected chi connectivity index (χ0v) is 19.0. The molecule has 0 rings (SSSR count). The van der Waals surface area contributed by atoms with Gasteiger partial charge in [0.25, 0.3) is 6.47 Å². The summed E-state index contributed by atoms with van der Waals surface area (Å²) in [5.74, 6) is 0. The van der Waals surface area contributed by atoms with Gasteiger partial charge in [0.1, 0.15) is 0 Å². The third kappa shape index (κ3) is 199. The summed E-state index contributed by atoms with van der Waals surface area (Å²) in [4.78, 5) is 43.8. The third-order valence-electron chi connectivity index (χ3n) is 0.0393. The predicted molar refractivity (Wildman–Crippen MR) is 27.1 cm³/mol. The molecule has 0 aromatic rings. The Labute approximate surface area is 195 Å². The van der Waals surface area contributed by atoms with Crippen LogP contribution in [0.1, 0.15) is 10.3 Å². The number of carbonyl (C=O) groups excluding carboxylic acids is 5. The second-order valence-corrected chi connectivity index (χ2v) is 0.359. The molecule has 0 aliphatic heterocycles. The topological polar surface area (TPSA) is 118 Å². The molecule has 0 N–H and O–H groups in total. The Bertz CT molecular complexity index is 121. The van der Waals surface area contributed by atoms with Crippen LogP contribution in [0.4, 0.5) is 0 Å². The summed E-state index contributed by atoms with van der Waals surface area (Å²) < 4.78 is 0. The Balaban J connectivity index is -0.00000000707. The molecule has 0 bridgehead atoms. The average Bonchev–Trinajstić information content (AvgIpc) is 1.91. The quantitative estimate of drug-likeness (QED) is 0.229. The van der Waals surface area contributed by atoms with Gasteiger partial charge in [0.05, 0.1) is 0 Å². The number of hydrogen-bond acceptors (Lipinski definition) is 7. The maximum Gasteiger partial charge on any atom is 1.00 e. The molecule has 0 radical (unpaired) electrons. The Morgan fingerprint density at radius 1 is 1.15 bits per heavy atom. The van der Waals surface area contributed by atoms with Gasteiger partial charge in [-0.3, -0.25) is 4.79 Å². The van der Waals surface area contributed by atoms with Crippen LogP contribution in [0.2, 0.25) is 0 Å². The van der Waals surface area contributed by atoms with Crippen molar-refractivity contribution < 1.29 is 175 Å². The number of carbonyl (C=O) groups is 1. The molecular weight excluding hydrogens is 426 g/mol. The first kappa shape index (κ1) is 36.2. The van der Waals surface area contributed by atoms with Gasteiger partial charge in [-0.25, -0.2) is 0 Å². The molecule has 0 aliphatic rings. The monoisotopic (exact) mass is 434 g/mol. The summed E-state index contributed by atoms with van der Waals surface area (Å²) in [7, 11) is 0. The Hall–Kier alpha value is 2.29. The van der Waals surface area contributed by atoms with Gasteiger partial charge in [0.15, 0.2) is 0 Å². The van der Waals surface area contributed by atoms with Crippen molar-refractivity contribution >= 4 is 18.8 Å². The first-order chi connectivity index (χ1) is 4.74. The van der Waals surface area contributed by atoms with Crippen molar-refractivity contribution in [3.8, 4) is 0 Å². The predicted octanol–water partition coefficient (Wildman–Crippen LogP) is -7.73. The minimum atomic E-state index is -0.181. The fourth-order valence-corrected chi connectivity index (χ4v) is 0. The van der Waals surface area contributed by atoms with Gasteiger partial charge in [-0.05, 0) is 0 Å². The smallest absolute Gasteiger partial charge is 1.00 e. The van der Waals surface area contributed by atoms with E-state index >= 15 is 0 Å². The van der Waals surface area contributed by atoms with Crippen LogP contribution >= 0.6 is 0 Å². The summed E-state index contributed by atoms with van der Waals surface area (Å²) >= 11 is 0. The fraction of sp³-hybridized carbons (Fsp3) is 0.250. The van der Waals surface area contributed by atoms with Gasteiger partial charge in [-0.1, -0.05) is 7.43 Å². The molecule has 0 unspecified atom stereocenters. The molecule has 0 aromatic carbocycles. The van der Waals surface area contributed by atoms with Crippen molar-refractivity contribution in [3.63, 3.8) is 0 Å². The Morgan fingerprint density at radius 2 is 1.23 bits per heavy atom. The van der Waals surface area contributed by atoms with Gasteiger partial charge >= 0.3 is 150 Å². The van der Waals surface area contributed by atoms with E-state index in [1.807, 2.05) is 0 Å². The molecule has 0 saturated carbocycles. The normalized spacial score (nSPS) is 2.85. The summed E-state index contributed by atoms with van der Waals surface area (Å²) in [5, 5.41) is 8.43. The molecule has 68 valence electrons. The molecule has 0 amide bonds. The minimum Gasteiger partial charge on any atom is -1.00 e. The molecule has 0 aromatic heterocycles. The van der Waals surface area contributed by atoms with Crippen LogP contribution in [0.15, 0.2) is 0 Å². The van der Waals surface area contributed by atoms with Gasteiger partial charge < -0.3 is 11.6 Å². The largest absolute Gasteiger partial charge is 1.00 e. The zero-order valence-electron chi connectivity index (χ0n) is 7.44. The van der Waals surface area contributed by atoms with E-state index in [9.17, 15) is 0 Å². The molecule has 9 heteroatoms. The van der Waals surface area contributed by atoms with Crippen molar-refractivity contribution in [2.45, 2.75) is 7.43 Å². The van der Waals surface area contributed by atoms with E-state index in [1.165, 1.54) is 0 Å². The zero-order chi connectivity index (χ0) is 8.83. The maximum atomic E-state index is 8.64. The van der Waals surface area contributed by atoms with Crippen LogP contribution < -0.4 is 143 Å². The minimum absolute atomic E-state index is 0. The third-order valence-corrected chi connectivity index (χ3v) is 0.0393. The van der Waals surface area contributed by atoms with E-state index in [2.05, 4.69) is 4.89 Å². The van der Waals surface area contributed by atoms with E-state index in [0.717, 1.165) is 0 Å². The molecule has 0 atom stereocenters. The number of hydrogen-bond donors (Lipinski definition) is 0. The van der Waals surface area contributed by atoms with Crippen LogP contribution in [0, 0.1) is 0 Å². The molecule has 13 heavy (non-hydrogen) atoms. The Morgan fingerprint density at radius 3 is 1.23 bits per heavy atom. The molecular formula is C4H8Cs2O7. The van der Waals surface area contributed by atoms with Crippen LogP contribution in [0.25, 0.3) is 0 Å². The fourth-order valence-electron chi connectivity index (χ4n) is 0. The van der Waals surface area contributed by atoms with Crippen LogP contribution in [-0.2, 0) is 28.9 Å². The average molecular weight is 434 g/mol. The summed E-state index contributed by atoms with van der Waals surface area (Å²) in [6.45, 7) is -0.181. The summed E-state index contributed by atoms with van der Waals surface area (Å²) in [6.07, 6.45) is 0.500. The second-order valence-electron chi connectivity index (χ2n) is 0.359. The van der Waals surface area contributed by atoms with Crippen molar-refractivity contribution in [3.05, 3.63) is 0 Å². The van der Waals surface area contributed by atoms with Crippen molar-refractivity contribution in [1.29, 1.82) is 0 Å². The maximum absolute atomic E-state index is 8.64. The SMILES string of the molecule is C.O=C=O.O=C=O.O=CO[O-].[Cs+].[Cs+].[H-].[HH]. The van der Waals surface area contributed by atoms with Gasteiger partial charge in [-0.15, -0.1) is 0 Å². The Kier molecular flexibility index (Phi) is 177. The van der Waals surface area contributed by atoms with Crippen LogP contribution in [-0.4, -0.2) is 18.8 Å². The molecule has 0 spiro atoms. The van der Waals surface area contributed by atoms with Gasteiger partial charge in [-0.2, -0.15) is 19.2 Å². The summed E-state index contributed by atoms with van der Waals surface area (Å²) in [6, 6.07) is 0. The first-order valence-corrected chi connectivity index (χ1v) is 1.45. The second kappa shape index (κ2) is 63.8. The van der Waals surface area contributed by atoms with E-state index in [4.69, 9.17) is 29.2 Å². The molecule has 0 saturated heterocycles. The van der Waals surface area contributed by atoms with E-state index < -0.39 is 0 Å². The molecule has 7 nitrogen and oxygen atoms in total. The van der Waals surface area contributed by atoms with Crippen molar-refractivity contribution in [2.24, 2.45) is 0 Å². The van der Waals surface area contributed by atoms with Gasteiger partial charge in [0, 0.05) is 1.43 Å². The number of rotatable bonds is 1. The van der Waals surface area contributed by atoms with Crippen molar-refractivity contribution in [1.82, 2.24) is 0 Å². The molecule has 0 aliphatic carbocycles. The van der Waals surface area contributed by atoms with E-state index in [0.29, 0.717) is 0 Å². The first-order valence-electron chi connectivity index (χ1n) is 1.45. The van der Waals surface area contributed by atoms with Gasteiger partial charge in [0.2, 0.25) is 0 Å². The van der Waals surface area contributed by atoms with Crippen LogP contribution in [0.3, 0.4) is 0 Å². The van der Waals surface area contributed by atoms with Crippen molar-refractivity contribution in [2.75, 3.05) is 0 Å². The van der Waals surface area contributed by atoms with E-state index in [1.54, 1.807) is 0 Å². The molecule has 0 fully saturated rings. The summed E-state index contributed by atoms with van der Waals surface area (Å²) in [5.41, 5.74) is 0. The molecule has 0 heterocycles. The van der Waals surface area contributed by atoms with Crippen LogP contribution in [0.5, 0.6) is 0 Å².